The molecule has 1 aromatic carbocycles. The van der Waals surface area contributed by atoms with E-state index in [0.29, 0.717) is 25.4 Å². The highest BCUT2D eigenvalue weighted by atomic mass is 32.2. The van der Waals surface area contributed by atoms with Crippen molar-refractivity contribution in [1.82, 2.24) is 4.31 Å². The second-order valence-electron chi connectivity index (χ2n) is 5.56. The highest BCUT2D eigenvalue weighted by Crippen LogP contribution is 2.28. The molecule has 1 aliphatic rings. The number of aryl methyl sites for hydroxylation is 2. The van der Waals surface area contributed by atoms with Gasteiger partial charge in [-0.1, -0.05) is 0 Å². The second-order valence-corrected chi connectivity index (χ2v) is 7.46. The van der Waals surface area contributed by atoms with Gasteiger partial charge in [-0.05, 0) is 56.9 Å². The third-order valence-corrected chi connectivity index (χ3v) is 5.91. The Bertz CT molecular complexity index is 612. The normalized spacial score (nSPS) is 20.6. The molecule has 1 heterocycles. The van der Waals surface area contributed by atoms with Crippen molar-refractivity contribution in [3.8, 4) is 0 Å². The smallest absolute Gasteiger partial charge is 0.245 e. The summed E-state index contributed by atoms with van der Waals surface area (Å²) in [7, 11) is -3.55. The summed E-state index contributed by atoms with van der Waals surface area (Å²) in [5.74, 6) is 0. The van der Waals surface area contributed by atoms with Crippen LogP contribution in [0.5, 0.6) is 0 Å². The van der Waals surface area contributed by atoms with Crippen molar-refractivity contribution >= 4 is 15.7 Å². The molecule has 1 saturated heterocycles. The zero-order valence-electron chi connectivity index (χ0n) is 12.9. The number of nitrogen functional groups attached to an aromatic ring is 1. The molecule has 1 aromatic rings. The SMILES string of the molecule is CCOC1CCCN(S(=O)(=O)c2cc(C)c(C)cc2N)C1. The topological polar surface area (TPSA) is 72.6 Å². The van der Waals surface area contributed by atoms with E-state index >= 15 is 0 Å². The number of hydrogen-bond acceptors (Lipinski definition) is 4. The Morgan fingerprint density at radius 1 is 1.33 bits per heavy atom. The maximum absolute atomic E-state index is 12.8. The standard InChI is InChI=1S/C15H24N2O3S/c1-4-20-13-6-5-7-17(10-13)21(18,19)15-9-12(3)11(2)8-14(15)16/h8-9,13H,4-7,10,16H2,1-3H3. The number of nitrogens with two attached hydrogens (primary N) is 1. The Labute approximate surface area is 127 Å². The van der Waals surface area contributed by atoms with Crippen molar-refractivity contribution in [2.45, 2.75) is 44.6 Å². The summed E-state index contributed by atoms with van der Waals surface area (Å²) in [5.41, 5.74) is 8.18. The molecule has 1 aliphatic heterocycles. The lowest BCUT2D eigenvalue weighted by Crippen LogP contribution is -2.43. The second kappa shape index (κ2) is 6.34. The number of nitrogens with zero attached hydrogens (tertiary/aromatic N) is 1. The van der Waals surface area contributed by atoms with Gasteiger partial charge < -0.3 is 10.5 Å². The van der Waals surface area contributed by atoms with Crippen LogP contribution in [-0.4, -0.2) is 38.5 Å². The summed E-state index contributed by atoms with van der Waals surface area (Å²) < 4.78 is 32.7. The van der Waals surface area contributed by atoms with Gasteiger partial charge in [0.25, 0.3) is 0 Å². The molecule has 2 N–H and O–H groups in total. The quantitative estimate of drug-likeness (QED) is 0.864. The molecule has 0 bridgehead atoms. The van der Waals surface area contributed by atoms with Gasteiger partial charge >= 0.3 is 0 Å². The van der Waals surface area contributed by atoms with Gasteiger partial charge in [-0.25, -0.2) is 8.42 Å². The third kappa shape index (κ3) is 3.39. The summed E-state index contributed by atoms with van der Waals surface area (Å²) in [6.07, 6.45) is 1.70. The van der Waals surface area contributed by atoms with Crippen LogP contribution in [-0.2, 0) is 14.8 Å². The maximum atomic E-state index is 12.8. The molecule has 0 radical (unpaired) electrons. The lowest BCUT2D eigenvalue weighted by Gasteiger charge is -2.32. The predicted molar refractivity (Wildman–Crippen MR) is 83.7 cm³/mol. The highest BCUT2D eigenvalue weighted by molar-refractivity contribution is 7.89. The summed E-state index contributed by atoms with van der Waals surface area (Å²) >= 11 is 0. The zero-order chi connectivity index (χ0) is 15.6. The van der Waals surface area contributed by atoms with Crippen molar-refractivity contribution in [3.63, 3.8) is 0 Å². The number of benzene rings is 1. The Morgan fingerprint density at radius 2 is 2.00 bits per heavy atom. The molecule has 1 unspecified atom stereocenters. The molecule has 0 aliphatic carbocycles. The first kappa shape index (κ1) is 16.3. The van der Waals surface area contributed by atoms with Crippen LogP contribution in [0.1, 0.15) is 30.9 Å². The van der Waals surface area contributed by atoms with E-state index in [2.05, 4.69) is 0 Å². The average molecular weight is 312 g/mol. The van der Waals surface area contributed by atoms with Crippen LogP contribution in [0.25, 0.3) is 0 Å². The fraction of sp³-hybridized carbons (Fsp3) is 0.600. The largest absolute Gasteiger partial charge is 0.398 e. The predicted octanol–water partition coefficient (Wildman–Crippen LogP) is 2.08. The number of rotatable bonds is 4. The molecule has 5 nitrogen and oxygen atoms in total. The Morgan fingerprint density at radius 3 is 2.67 bits per heavy atom. The van der Waals surface area contributed by atoms with Gasteiger partial charge in [0, 0.05) is 19.7 Å². The zero-order valence-corrected chi connectivity index (χ0v) is 13.7. The van der Waals surface area contributed by atoms with Gasteiger partial charge in [0.2, 0.25) is 10.0 Å². The van der Waals surface area contributed by atoms with E-state index in [0.717, 1.165) is 24.0 Å². The molecule has 0 saturated carbocycles. The van der Waals surface area contributed by atoms with Crippen molar-refractivity contribution in [2.24, 2.45) is 0 Å². The maximum Gasteiger partial charge on any atom is 0.245 e. The highest BCUT2D eigenvalue weighted by Gasteiger charge is 2.32. The molecule has 0 amide bonds. The van der Waals surface area contributed by atoms with Crippen LogP contribution in [0.2, 0.25) is 0 Å². The van der Waals surface area contributed by atoms with Gasteiger partial charge in [0.05, 0.1) is 11.8 Å². The number of piperidine rings is 1. The summed E-state index contributed by atoms with van der Waals surface area (Å²) in [6.45, 7) is 7.28. The van der Waals surface area contributed by atoms with Gasteiger partial charge in [-0.2, -0.15) is 4.31 Å². The van der Waals surface area contributed by atoms with E-state index in [1.54, 1.807) is 12.1 Å². The van der Waals surface area contributed by atoms with Crippen molar-refractivity contribution in [2.75, 3.05) is 25.4 Å². The minimum Gasteiger partial charge on any atom is -0.398 e. The first-order valence-electron chi connectivity index (χ1n) is 7.34. The van der Waals surface area contributed by atoms with E-state index in [9.17, 15) is 8.42 Å². The lowest BCUT2D eigenvalue weighted by molar-refractivity contribution is 0.0265. The van der Waals surface area contributed by atoms with Crippen LogP contribution < -0.4 is 5.73 Å². The third-order valence-electron chi connectivity index (χ3n) is 3.99. The Kier molecular flexibility index (Phi) is 4.91. The first-order chi connectivity index (χ1) is 9.86. The van der Waals surface area contributed by atoms with Crippen LogP contribution in [0.3, 0.4) is 0 Å². The Hall–Kier alpha value is -1.11. The summed E-state index contributed by atoms with van der Waals surface area (Å²) in [6, 6.07) is 3.40. The average Bonchev–Trinajstić information content (AvgIpc) is 2.43. The number of hydrogen-bond donors (Lipinski definition) is 1. The molecular weight excluding hydrogens is 288 g/mol. The van der Waals surface area contributed by atoms with Crippen LogP contribution >= 0.6 is 0 Å². The molecule has 2 rings (SSSR count). The van der Waals surface area contributed by atoms with Crippen molar-refractivity contribution < 1.29 is 13.2 Å². The van der Waals surface area contributed by atoms with E-state index in [1.807, 2.05) is 20.8 Å². The van der Waals surface area contributed by atoms with Gasteiger partial charge in [-0.3, -0.25) is 0 Å². The molecule has 1 fully saturated rings. The molecule has 0 spiro atoms. The van der Waals surface area contributed by atoms with Crippen LogP contribution in [0, 0.1) is 13.8 Å². The molecule has 118 valence electrons. The lowest BCUT2D eigenvalue weighted by atomic mass is 10.1. The number of sulfonamides is 1. The van der Waals surface area contributed by atoms with E-state index in [1.165, 1.54) is 4.31 Å². The first-order valence-corrected chi connectivity index (χ1v) is 8.78. The summed E-state index contributed by atoms with van der Waals surface area (Å²) in [5, 5.41) is 0. The molecule has 21 heavy (non-hydrogen) atoms. The van der Waals surface area contributed by atoms with E-state index in [-0.39, 0.29) is 11.0 Å². The molecule has 6 heteroatoms. The van der Waals surface area contributed by atoms with Crippen molar-refractivity contribution in [1.29, 1.82) is 0 Å². The van der Waals surface area contributed by atoms with Gasteiger partial charge in [-0.15, -0.1) is 0 Å². The van der Waals surface area contributed by atoms with Crippen LogP contribution in [0.15, 0.2) is 17.0 Å². The monoisotopic (exact) mass is 312 g/mol. The van der Waals surface area contributed by atoms with Crippen LogP contribution in [0.4, 0.5) is 5.69 Å². The van der Waals surface area contributed by atoms with E-state index < -0.39 is 10.0 Å². The molecular formula is C15H24N2O3S. The van der Waals surface area contributed by atoms with E-state index in [4.69, 9.17) is 10.5 Å². The molecule has 1 atom stereocenters. The van der Waals surface area contributed by atoms with Crippen molar-refractivity contribution in [3.05, 3.63) is 23.3 Å². The fourth-order valence-corrected chi connectivity index (χ4v) is 4.36. The van der Waals surface area contributed by atoms with Gasteiger partial charge in [0.15, 0.2) is 0 Å². The minimum atomic E-state index is -3.55. The molecule has 0 aromatic heterocycles. The minimum absolute atomic E-state index is 0.0219. The number of ether oxygens (including phenoxy) is 1. The summed E-state index contributed by atoms with van der Waals surface area (Å²) in [4.78, 5) is 0.211. The van der Waals surface area contributed by atoms with Gasteiger partial charge in [0.1, 0.15) is 4.90 Å². The fourth-order valence-electron chi connectivity index (χ4n) is 2.67. The Balaban J connectivity index is 2.31. The number of anilines is 1.